The summed E-state index contributed by atoms with van der Waals surface area (Å²) in [5.41, 5.74) is 4.23. The number of benzene rings is 2. The van der Waals surface area contributed by atoms with E-state index in [4.69, 9.17) is 11.6 Å². The molecule has 1 amide bonds. The van der Waals surface area contributed by atoms with Crippen LogP contribution in [-0.2, 0) is 11.3 Å². The molecule has 27 heavy (non-hydrogen) atoms. The van der Waals surface area contributed by atoms with Crippen LogP contribution in [0.15, 0.2) is 36.4 Å². The van der Waals surface area contributed by atoms with Crippen LogP contribution >= 0.6 is 11.6 Å². The number of rotatable bonds is 5. The van der Waals surface area contributed by atoms with Crippen LogP contribution in [0.5, 0.6) is 0 Å². The Labute approximate surface area is 164 Å². The molecule has 0 aliphatic carbocycles. The lowest BCUT2D eigenvalue weighted by Crippen LogP contribution is -2.48. The van der Waals surface area contributed by atoms with Crippen molar-refractivity contribution in [1.82, 2.24) is 9.80 Å². The van der Waals surface area contributed by atoms with Gasteiger partial charge < -0.3 is 5.32 Å². The maximum Gasteiger partial charge on any atom is 0.238 e. The Morgan fingerprint density at radius 3 is 2.41 bits per heavy atom. The van der Waals surface area contributed by atoms with Crippen LogP contribution in [0, 0.1) is 19.7 Å². The number of carbonyl (C=O) groups excluding carboxylic acids is 1. The number of aryl methyl sites for hydroxylation is 2. The van der Waals surface area contributed by atoms with Gasteiger partial charge >= 0.3 is 0 Å². The zero-order chi connectivity index (χ0) is 19.4. The Morgan fingerprint density at radius 2 is 1.74 bits per heavy atom. The van der Waals surface area contributed by atoms with Gasteiger partial charge in [0.1, 0.15) is 5.82 Å². The Morgan fingerprint density at radius 1 is 1.04 bits per heavy atom. The summed E-state index contributed by atoms with van der Waals surface area (Å²) in [6, 6.07) is 10.8. The van der Waals surface area contributed by atoms with E-state index in [9.17, 15) is 9.18 Å². The van der Waals surface area contributed by atoms with Crippen LogP contribution in [0.3, 0.4) is 0 Å². The monoisotopic (exact) mass is 389 g/mol. The van der Waals surface area contributed by atoms with Gasteiger partial charge in [-0.15, -0.1) is 0 Å². The second-order valence-corrected chi connectivity index (χ2v) is 7.56. The minimum atomic E-state index is -0.389. The molecule has 1 aliphatic heterocycles. The smallest absolute Gasteiger partial charge is 0.238 e. The third kappa shape index (κ3) is 5.51. The van der Waals surface area contributed by atoms with Gasteiger partial charge in [-0.3, -0.25) is 14.6 Å². The van der Waals surface area contributed by atoms with Gasteiger partial charge in [-0.05, 0) is 54.8 Å². The minimum absolute atomic E-state index is 0.0111. The van der Waals surface area contributed by atoms with Crippen LogP contribution in [-0.4, -0.2) is 48.4 Å². The summed E-state index contributed by atoms with van der Waals surface area (Å²) >= 11 is 5.85. The van der Waals surface area contributed by atoms with E-state index in [1.807, 2.05) is 25.1 Å². The summed E-state index contributed by atoms with van der Waals surface area (Å²) < 4.78 is 13.3. The molecule has 0 saturated carbocycles. The SMILES string of the molecule is Cc1ccc(NC(=O)CN2CCN(Cc3ccc(F)c(Cl)c3)CC2)cc1C. The van der Waals surface area contributed by atoms with Gasteiger partial charge in [0.05, 0.1) is 11.6 Å². The van der Waals surface area contributed by atoms with Gasteiger partial charge in [-0.25, -0.2) is 4.39 Å². The molecule has 1 fully saturated rings. The number of carbonyl (C=O) groups is 1. The Bertz CT molecular complexity index is 819. The summed E-state index contributed by atoms with van der Waals surface area (Å²) in [5, 5.41) is 3.14. The first-order valence-electron chi connectivity index (χ1n) is 9.16. The van der Waals surface area contributed by atoms with E-state index in [0.717, 1.165) is 44.0 Å². The highest BCUT2D eigenvalue weighted by Crippen LogP contribution is 2.18. The van der Waals surface area contributed by atoms with E-state index in [1.54, 1.807) is 12.1 Å². The highest BCUT2D eigenvalue weighted by atomic mass is 35.5. The number of anilines is 1. The fourth-order valence-corrected chi connectivity index (χ4v) is 3.43. The number of amides is 1. The molecular weight excluding hydrogens is 365 g/mol. The number of hydrogen-bond acceptors (Lipinski definition) is 3. The Hall–Kier alpha value is -1.95. The van der Waals surface area contributed by atoms with E-state index < -0.39 is 0 Å². The first-order chi connectivity index (χ1) is 12.9. The number of halogens is 2. The predicted molar refractivity (Wildman–Crippen MR) is 108 cm³/mol. The van der Waals surface area contributed by atoms with Crippen molar-refractivity contribution in [2.24, 2.45) is 0 Å². The fraction of sp³-hybridized carbons (Fsp3) is 0.381. The largest absolute Gasteiger partial charge is 0.325 e. The lowest BCUT2D eigenvalue weighted by atomic mass is 10.1. The topological polar surface area (TPSA) is 35.6 Å². The van der Waals surface area contributed by atoms with Crippen molar-refractivity contribution in [2.75, 3.05) is 38.0 Å². The molecular formula is C21H25ClFN3O. The van der Waals surface area contributed by atoms with Crippen LogP contribution in [0.2, 0.25) is 5.02 Å². The van der Waals surface area contributed by atoms with Crippen molar-refractivity contribution in [1.29, 1.82) is 0 Å². The van der Waals surface area contributed by atoms with Gasteiger partial charge in [-0.2, -0.15) is 0 Å². The standard InChI is InChI=1S/C21H25ClFN3O/c1-15-3-5-18(11-16(15)2)24-21(27)14-26-9-7-25(8-10-26)13-17-4-6-20(23)19(22)12-17/h3-6,11-12H,7-10,13-14H2,1-2H3,(H,24,27). The van der Waals surface area contributed by atoms with Crippen molar-refractivity contribution in [3.63, 3.8) is 0 Å². The molecule has 4 nitrogen and oxygen atoms in total. The fourth-order valence-electron chi connectivity index (χ4n) is 3.22. The number of nitrogens with one attached hydrogen (secondary N) is 1. The second-order valence-electron chi connectivity index (χ2n) is 7.15. The molecule has 0 unspecified atom stereocenters. The molecule has 1 saturated heterocycles. The average molecular weight is 390 g/mol. The quantitative estimate of drug-likeness (QED) is 0.843. The lowest BCUT2D eigenvalue weighted by molar-refractivity contribution is -0.117. The highest BCUT2D eigenvalue weighted by molar-refractivity contribution is 6.30. The third-order valence-corrected chi connectivity index (χ3v) is 5.30. The molecule has 1 aliphatic rings. The average Bonchev–Trinajstić information content (AvgIpc) is 2.63. The van der Waals surface area contributed by atoms with E-state index in [1.165, 1.54) is 17.2 Å². The minimum Gasteiger partial charge on any atom is -0.325 e. The van der Waals surface area contributed by atoms with Crippen molar-refractivity contribution < 1.29 is 9.18 Å². The number of nitrogens with zero attached hydrogens (tertiary/aromatic N) is 2. The van der Waals surface area contributed by atoms with E-state index in [0.29, 0.717) is 6.54 Å². The van der Waals surface area contributed by atoms with Crippen molar-refractivity contribution in [2.45, 2.75) is 20.4 Å². The molecule has 0 aromatic heterocycles. The zero-order valence-corrected chi connectivity index (χ0v) is 16.5. The van der Waals surface area contributed by atoms with Gasteiger partial charge in [0, 0.05) is 38.4 Å². The first-order valence-corrected chi connectivity index (χ1v) is 9.54. The second kappa shape index (κ2) is 8.83. The Balaban J connectivity index is 1.45. The molecule has 0 spiro atoms. The molecule has 2 aromatic carbocycles. The van der Waals surface area contributed by atoms with E-state index >= 15 is 0 Å². The molecule has 6 heteroatoms. The molecule has 144 valence electrons. The van der Waals surface area contributed by atoms with Crippen molar-refractivity contribution >= 4 is 23.2 Å². The van der Waals surface area contributed by atoms with Crippen LogP contribution in [0.4, 0.5) is 10.1 Å². The molecule has 2 aromatic rings. The van der Waals surface area contributed by atoms with Gasteiger partial charge in [0.25, 0.3) is 0 Å². The predicted octanol–water partition coefficient (Wildman–Crippen LogP) is 3.85. The summed E-state index contributed by atoms with van der Waals surface area (Å²) in [4.78, 5) is 16.8. The Kier molecular flexibility index (Phi) is 6.47. The zero-order valence-electron chi connectivity index (χ0n) is 15.8. The highest BCUT2D eigenvalue weighted by Gasteiger charge is 2.19. The van der Waals surface area contributed by atoms with Gasteiger partial charge in [-0.1, -0.05) is 23.7 Å². The molecule has 1 N–H and O–H groups in total. The van der Waals surface area contributed by atoms with Crippen LogP contribution in [0.25, 0.3) is 0 Å². The van der Waals surface area contributed by atoms with E-state index in [2.05, 4.69) is 22.0 Å². The molecule has 0 atom stereocenters. The van der Waals surface area contributed by atoms with Crippen LogP contribution < -0.4 is 5.32 Å². The van der Waals surface area contributed by atoms with Crippen molar-refractivity contribution in [3.05, 3.63) is 63.9 Å². The molecule has 1 heterocycles. The maximum absolute atomic E-state index is 13.3. The number of hydrogen-bond donors (Lipinski definition) is 1. The van der Waals surface area contributed by atoms with Gasteiger partial charge in [0.15, 0.2) is 0 Å². The summed E-state index contributed by atoms with van der Waals surface area (Å²) in [5.74, 6) is -0.378. The molecule has 0 bridgehead atoms. The third-order valence-electron chi connectivity index (χ3n) is 5.01. The summed E-state index contributed by atoms with van der Waals surface area (Å²) in [6.07, 6.45) is 0. The molecule has 3 rings (SSSR count). The van der Waals surface area contributed by atoms with Gasteiger partial charge in [0.2, 0.25) is 5.91 Å². The number of piperazine rings is 1. The lowest BCUT2D eigenvalue weighted by Gasteiger charge is -2.34. The van der Waals surface area contributed by atoms with Crippen molar-refractivity contribution in [3.8, 4) is 0 Å². The first kappa shape index (κ1) is 19.8. The molecule has 0 radical (unpaired) electrons. The summed E-state index contributed by atoms with van der Waals surface area (Å²) in [7, 11) is 0. The normalized spacial score (nSPS) is 15.7. The summed E-state index contributed by atoms with van der Waals surface area (Å²) in [6.45, 7) is 8.62. The van der Waals surface area contributed by atoms with E-state index in [-0.39, 0.29) is 16.7 Å². The van der Waals surface area contributed by atoms with Crippen LogP contribution in [0.1, 0.15) is 16.7 Å². The maximum atomic E-state index is 13.3.